The van der Waals surface area contributed by atoms with Gasteiger partial charge < -0.3 is 0 Å². The Bertz CT molecular complexity index is 1220. The maximum atomic E-state index is 12.8. The van der Waals surface area contributed by atoms with E-state index in [9.17, 15) is 22.8 Å². The predicted octanol–water partition coefficient (Wildman–Crippen LogP) is 3.64. The first-order valence-corrected chi connectivity index (χ1v) is 10.1. The van der Waals surface area contributed by atoms with Crippen LogP contribution in [0.1, 0.15) is 37.7 Å². The van der Waals surface area contributed by atoms with Gasteiger partial charge in [0.15, 0.2) is 5.65 Å². The van der Waals surface area contributed by atoms with E-state index in [1.807, 2.05) is 20.8 Å². The number of fused-ring (bicyclic) bond motifs is 1. The van der Waals surface area contributed by atoms with Crippen LogP contribution < -0.4 is 11.2 Å². The number of alkyl halides is 3. The van der Waals surface area contributed by atoms with Crippen molar-refractivity contribution in [2.24, 2.45) is 14.1 Å². The van der Waals surface area contributed by atoms with Crippen molar-refractivity contribution in [3.63, 3.8) is 0 Å². The van der Waals surface area contributed by atoms with Gasteiger partial charge in [-0.15, -0.1) is 11.8 Å². The number of aromatic nitrogens is 4. The van der Waals surface area contributed by atoms with E-state index in [1.165, 1.54) is 42.6 Å². The maximum Gasteiger partial charge on any atom is 0.416 e. The Morgan fingerprint density at radius 1 is 0.967 bits per heavy atom. The van der Waals surface area contributed by atoms with Crippen LogP contribution in [0.2, 0.25) is 0 Å². The molecule has 2 heterocycles. The van der Waals surface area contributed by atoms with Gasteiger partial charge in [0.05, 0.1) is 5.56 Å². The minimum Gasteiger partial charge on any atom is -0.280 e. The van der Waals surface area contributed by atoms with Gasteiger partial charge >= 0.3 is 11.9 Å². The molecule has 2 aromatic heterocycles. The van der Waals surface area contributed by atoms with Gasteiger partial charge in [-0.25, -0.2) is 14.8 Å². The van der Waals surface area contributed by atoms with Crippen LogP contribution in [0.4, 0.5) is 13.2 Å². The number of nitrogens with zero attached hydrogens (tertiary/aromatic N) is 4. The largest absolute Gasteiger partial charge is 0.416 e. The number of thioether (sulfide) groups is 1. The standard InChI is InChI=1S/C20H21F3N4O2S/c1-19(2,3)17-24-14-13(16(28)27(5)18(29)26(14)4)15(25-17)30-10-11-6-8-12(9-7-11)20(21,22)23/h6-9H,10H2,1-5H3. The lowest BCUT2D eigenvalue weighted by atomic mass is 9.96. The third kappa shape index (κ3) is 4.14. The molecule has 0 aliphatic carbocycles. The van der Waals surface area contributed by atoms with Crippen LogP contribution in [0.25, 0.3) is 11.0 Å². The van der Waals surface area contributed by atoms with Gasteiger partial charge in [0.1, 0.15) is 16.2 Å². The molecule has 0 aliphatic rings. The monoisotopic (exact) mass is 438 g/mol. The van der Waals surface area contributed by atoms with E-state index in [-0.39, 0.29) is 11.0 Å². The summed E-state index contributed by atoms with van der Waals surface area (Å²) in [6.07, 6.45) is -4.40. The quantitative estimate of drug-likeness (QED) is 0.461. The fraction of sp³-hybridized carbons (Fsp3) is 0.400. The summed E-state index contributed by atoms with van der Waals surface area (Å²) in [7, 11) is 2.92. The lowest BCUT2D eigenvalue weighted by molar-refractivity contribution is -0.137. The predicted molar refractivity (Wildman–Crippen MR) is 110 cm³/mol. The van der Waals surface area contributed by atoms with Crippen molar-refractivity contribution in [3.05, 3.63) is 62.1 Å². The number of rotatable bonds is 3. The lowest BCUT2D eigenvalue weighted by Gasteiger charge is -2.19. The Morgan fingerprint density at radius 2 is 1.57 bits per heavy atom. The van der Waals surface area contributed by atoms with Crippen LogP contribution in [0, 0.1) is 0 Å². The second-order valence-electron chi connectivity index (χ2n) is 7.99. The van der Waals surface area contributed by atoms with Crippen LogP contribution in [-0.2, 0) is 31.4 Å². The molecule has 0 saturated heterocycles. The number of hydrogen-bond donors (Lipinski definition) is 0. The number of halogens is 3. The minimum atomic E-state index is -4.40. The van der Waals surface area contributed by atoms with Gasteiger partial charge in [0.2, 0.25) is 0 Å². The highest BCUT2D eigenvalue weighted by Crippen LogP contribution is 2.32. The van der Waals surface area contributed by atoms with Gasteiger partial charge in [-0.05, 0) is 17.7 Å². The molecule has 30 heavy (non-hydrogen) atoms. The molecule has 0 atom stereocenters. The molecule has 0 radical (unpaired) electrons. The summed E-state index contributed by atoms with van der Waals surface area (Å²) in [4.78, 5) is 34.1. The van der Waals surface area contributed by atoms with Crippen LogP contribution >= 0.6 is 11.8 Å². The highest BCUT2D eigenvalue weighted by atomic mass is 32.2. The summed E-state index contributed by atoms with van der Waals surface area (Å²) in [5.74, 6) is 0.771. The topological polar surface area (TPSA) is 69.8 Å². The average Bonchev–Trinajstić information content (AvgIpc) is 2.67. The van der Waals surface area contributed by atoms with Gasteiger partial charge in [0, 0.05) is 25.3 Å². The van der Waals surface area contributed by atoms with Crippen LogP contribution in [0.3, 0.4) is 0 Å². The first kappa shape index (κ1) is 22.1. The van der Waals surface area contributed by atoms with Gasteiger partial charge in [-0.2, -0.15) is 13.2 Å². The molecule has 0 bridgehead atoms. The highest BCUT2D eigenvalue weighted by molar-refractivity contribution is 7.98. The summed E-state index contributed by atoms with van der Waals surface area (Å²) in [5, 5.41) is 0.602. The molecule has 6 nitrogen and oxygen atoms in total. The zero-order chi connectivity index (χ0) is 22.4. The molecule has 0 N–H and O–H groups in total. The SMILES string of the molecule is Cn1c(=O)c2c(SCc3ccc(C(F)(F)F)cc3)nc(C(C)(C)C)nc2n(C)c1=O. The molecule has 10 heteroatoms. The fourth-order valence-electron chi connectivity index (χ4n) is 2.81. The van der Waals surface area contributed by atoms with E-state index in [4.69, 9.17) is 0 Å². The first-order chi connectivity index (χ1) is 13.8. The molecule has 160 valence electrons. The molecule has 0 amide bonds. The average molecular weight is 438 g/mol. The van der Waals surface area contributed by atoms with Crippen molar-refractivity contribution >= 4 is 22.8 Å². The third-order valence-corrected chi connectivity index (χ3v) is 5.64. The Labute approximate surface area is 174 Å². The minimum absolute atomic E-state index is 0.213. The van der Waals surface area contributed by atoms with Gasteiger partial charge in [-0.1, -0.05) is 32.9 Å². The van der Waals surface area contributed by atoms with Gasteiger partial charge in [0.25, 0.3) is 5.56 Å². The van der Waals surface area contributed by atoms with Crippen molar-refractivity contribution in [3.8, 4) is 0 Å². The van der Waals surface area contributed by atoms with Gasteiger partial charge in [-0.3, -0.25) is 13.9 Å². The zero-order valence-electron chi connectivity index (χ0n) is 17.2. The van der Waals surface area contributed by atoms with E-state index < -0.39 is 28.4 Å². The Morgan fingerprint density at radius 3 is 2.10 bits per heavy atom. The molecule has 0 spiro atoms. The summed E-state index contributed by atoms with van der Waals surface area (Å²) < 4.78 is 40.6. The van der Waals surface area contributed by atoms with Crippen molar-refractivity contribution in [2.75, 3.05) is 0 Å². The first-order valence-electron chi connectivity index (χ1n) is 9.08. The molecule has 0 saturated carbocycles. The maximum absolute atomic E-state index is 12.8. The van der Waals surface area contributed by atoms with Crippen LogP contribution in [0.5, 0.6) is 0 Å². The second-order valence-corrected chi connectivity index (χ2v) is 8.95. The number of benzene rings is 1. The molecule has 3 rings (SSSR count). The smallest absolute Gasteiger partial charge is 0.280 e. The summed E-state index contributed by atoms with van der Waals surface area (Å²) in [5.41, 5.74) is -1.28. The molecule has 0 aliphatic heterocycles. The summed E-state index contributed by atoms with van der Waals surface area (Å²) >= 11 is 1.22. The van der Waals surface area contributed by atoms with Crippen LogP contribution in [-0.4, -0.2) is 19.1 Å². The van der Waals surface area contributed by atoms with E-state index in [0.29, 0.717) is 22.2 Å². The van der Waals surface area contributed by atoms with E-state index in [1.54, 1.807) is 0 Å². The lowest BCUT2D eigenvalue weighted by Crippen LogP contribution is -2.38. The zero-order valence-corrected chi connectivity index (χ0v) is 18.0. The molecule has 0 unspecified atom stereocenters. The molecular weight excluding hydrogens is 417 g/mol. The number of hydrogen-bond acceptors (Lipinski definition) is 5. The number of aryl methyl sites for hydroxylation is 1. The Balaban J connectivity index is 2.10. The van der Waals surface area contributed by atoms with E-state index in [0.717, 1.165) is 16.7 Å². The summed E-state index contributed by atoms with van der Waals surface area (Å²) in [6.45, 7) is 5.74. The van der Waals surface area contributed by atoms with Crippen molar-refractivity contribution in [1.29, 1.82) is 0 Å². The highest BCUT2D eigenvalue weighted by Gasteiger charge is 2.30. The normalized spacial score (nSPS) is 12.5. The Hall–Kier alpha value is -2.62. The Kier molecular flexibility index (Phi) is 5.57. The molecular formula is C20H21F3N4O2S. The van der Waals surface area contributed by atoms with E-state index >= 15 is 0 Å². The van der Waals surface area contributed by atoms with Crippen molar-refractivity contribution < 1.29 is 13.2 Å². The van der Waals surface area contributed by atoms with Crippen LogP contribution in [0.15, 0.2) is 38.9 Å². The molecule has 0 fully saturated rings. The second kappa shape index (κ2) is 7.57. The van der Waals surface area contributed by atoms with E-state index in [2.05, 4.69) is 9.97 Å². The van der Waals surface area contributed by atoms with Crippen molar-refractivity contribution in [1.82, 2.24) is 19.1 Å². The third-order valence-electron chi connectivity index (χ3n) is 4.59. The molecule has 1 aromatic carbocycles. The molecule has 3 aromatic rings. The fourth-order valence-corrected chi connectivity index (χ4v) is 3.78. The summed E-state index contributed by atoms with van der Waals surface area (Å²) in [6, 6.07) is 4.85. The van der Waals surface area contributed by atoms with Crippen molar-refractivity contribution in [2.45, 2.75) is 43.1 Å².